The van der Waals surface area contributed by atoms with E-state index in [1.165, 1.54) is 0 Å². The molecule has 2 heterocycles. The van der Waals surface area contributed by atoms with Gasteiger partial charge in [0.25, 0.3) is 0 Å². The molecule has 2 aliphatic rings. The number of ether oxygens (including phenoxy) is 2. The third-order valence-corrected chi connectivity index (χ3v) is 2.41. The number of hydrogen-bond donors (Lipinski definition) is 0. The summed E-state index contributed by atoms with van der Waals surface area (Å²) in [6, 6.07) is 0. The monoisotopic (exact) mass is 214 g/mol. The Morgan fingerprint density at radius 1 is 0.933 bits per heavy atom. The molecule has 0 aliphatic carbocycles. The topological polar surface area (TPSA) is 52.6 Å². The van der Waals surface area contributed by atoms with Crippen molar-refractivity contribution >= 4 is 11.9 Å². The normalized spacial score (nSPS) is 30.0. The average Bonchev–Trinajstić information content (AvgIpc) is 2.50. The van der Waals surface area contributed by atoms with Crippen molar-refractivity contribution < 1.29 is 19.1 Å². The number of esters is 2. The molecular weight excluding hydrogens is 196 g/mol. The first kappa shape index (κ1) is 12.0. The predicted molar refractivity (Wildman–Crippen MR) is 54.2 cm³/mol. The Balaban J connectivity index is 0.000000151. The maximum atomic E-state index is 10.5. The lowest BCUT2D eigenvalue weighted by molar-refractivity contribution is -0.152. The third-order valence-electron chi connectivity index (χ3n) is 2.41. The van der Waals surface area contributed by atoms with Crippen molar-refractivity contribution in [1.29, 1.82) is 0 Å². The lowest BCUT2D eigenvalue weighted by atomic mass is 10.1. The van der Waals surface area contributed by atoms with Crippen LogP contribution in [0.5, 0.6) is 0 Å². The van der Waals surface area contributed by atoms with E-state index in [1.807, 2.05) is 13.8 Å². The van der Waals surface area contributed by atoms with Gasteiger partial charge in [0.05, 0.1) is 12.2 Å². The van der Waals surface area contributed by atoms with E-state index < -0.39 is 0 Å². The van der Waals surface area contributed by atoms with Crippen molar-refractivity contribution in [2.45, 2.75) is 58.2 Å². The van der Waals surface area contributed by atoms with Gasteiger partial charge >= 0.3 is 11.9 Å². The van der Waals surface area contributed by atoms with E-state index in [9.17, 15) is 9.59 Å². The summed E-state index contributed by atoms with van der Waals surface area (Å²) in [5, 5.41) is 0. The molecule has 0 aromatic heterocycles. The highest BCUT2D eigenvalue weighted by Gasteiger charge is 2.17. The Morgan fingerprint density at radius 3 is 1.73 bits per heavy atom. The second kappa shape index (κ2) is 5.73. The van der Waals surface area contributed by atoms with Crippen molar-refractivity contribution in [2.75, 3.05) is 0 Å². The lowest BCUT2D eigenvalue weighted by Gasteiger charge is -2.17. The quantitative estimate of drug-likeness (QED) is 0.577. The minimum atomic E-state index is -0.0486. The number of carbonyl (C=O) groups is 2. The molecule has 4 heteroatoms. The van der Waals surface area contributed by atoms with Gasteiger partial charge in [-0.3, -0.25) is 9.59 Å². The summed E-state index contributed by atoms with van der Waals surface area (Å²) in [6.07, 6.45) is 4.50. The molecule has 2 fully saturated rings. The fraction of sp³-hybridized carbons (Fsp3) is 0.818. The van der Waals surface area contributed by atoms with Crippen LogP contribution in [0.1, 0.15) is 46.0 Å². The van der Waals surface area contributed by atoms with Crippen LogP contribution in [0.3, 0.4) is 0 Å². The van der Waals surface area contributed by atoms with Gasteiger partial charge < -0.3 is 9.47 Å². The highest BCUT2D eigenvalue weighted by Crippen LogP contribution is 2.12. The van der Waals surface area contributed by atoms with Crippen molar-refractivity contribution in [1.82, 2.24) is 0 Å². The molecule has 15 heavy (non-hydrogen) atoms. The summed E-state index contributed by atoms with van der Waals surface area (Å²) < 4.78 is 9.57. The van der Waals surface area contributed by atoms with Gasteiger partial charge in [0.1, 0.15) is 0 Å². The van der Waals surface area contributed by atoms with Gasteiger partial charge in [0.15, 0.2) is 0 Å². The van der Waals surface area contributed by atoms with Gasteiger partial charge in [-0.1, -0.05) is 0 Å². The minimum Gasteiger partial charge on any atom is -0.463 e. The second-order valence-electron chi connectivity index (χ2n) is 4.03. The van der Waals surface area contributed by atoms with Crippen LogP contribution in [0.4, 0.5) is 0 Å². The van der Waals surface area contributed by atoms with E-state index in [1.54, 1.807) is 0 Å². The van der Waals surface area contributed by atoms with Crippen molar-refractivity contribution in [3.63, 3.8) is 0 Å². The Bertz CT molecular complexity index is 237. The number of cyclic esters (lactones) is 2. The van der Waals surface area contributed by atoms with E-state index >= 15 is 0 Å². The van der Waals surface area contributed by atoms with Gasteiger partial charge in [-0.2, -0.15) is 0 Å². The molecule has 86 valence electrons. The predicted octanol–water partition coefficient (Wildman–Crippen LogP) is 1.81. The Labute approximate surface area is 89.9 Å². The van der Waals surface area contributed by atoms with Gasteiger partial charge in [0.2, 0.25) is 0 Å². The fourth-order valence-corrected chi connectivity index (χ4v) is 1.54. The van der Waals surface area contributed by atoms with E-state index in [0.29, 0.717) is 12.8 Å². The van der Waals surface area contributed by atoms with Crippen LogP contribution in [-0.2, 0) is 19.1 Å². The van der Waals surface area contributed by atoms with Crippen LogP contribution in [0.2, 0.25) is 0 Å². The summed E-state index contributed by atoms with van der Waals surface area (Å²) in [5.41, 5.74) is 0. The summed E-state index contributed by atoms with van der Waals surface area (Å²) in [4.78, 5) is 20.7. The molecular formula is C11H18O4. The molecule has 0 aromatic carbocycles. The molecule has 0 N–H and O–H groups in total. The fourth-order valence-electron chi connectivity index (χ4n) is 1.54. The zero-order valence-electron chi connectivity index (χ0n) is 9.32. The molecule has 2 rings (SSSR count). The minimum absolute atomic E-state index is 0.0382. The summed E-state index contributed by atoms with van der Waals surface area (Å²) >= 11 is 0. The molecule has 2 saturated heterocycles. The van der Waals surface area contributed by atoms with Crippen molar-refractivity contribution in [3.05, 3.63) is 0 Å². The first-order chi connectivity index (χ1) is 7.08. The average molecular weight is 214 g/mol. The van der Waals surface area contributed by atoms with Crippen LogP contribution >= 0.6 is 0 Å². The second-order valence-corrected chi connectivity index (χ2v) is 4.03. The zero-order chi connectivity index (χ0) is 11.3. The largest absolute Gasteiger partial charge is 0.463 e. The van der Waals surface area contributed by atoms with Gasteiger partial charge in [-0.15, -0.1) is 0 Å². The number of hydrogen-bond acceptors (Lipinski definition) is 4. The van der Waals surface area contributed by atoms with Crippen molar-refractivity contribution in [3.8, 4) is 0 Å². The van der Waals surface area contributed by atoms with E-state index in [2.05, 4.69) is 0 Å². The number of carbonyl (C=O) groups excluding carboxylic acids is 2. The molecule has 2 atom stereocenters. The SMILES string of the molecule is CC1CCC(=O)O1.CC1CCCC(=O)O1. The van der Waals surface area contributed by atoms with Crippen molar-refractivity contribution in [2.24, 2.45) is 0 Å². The molecule has 0 spiro atoms. The molecule has 4 nitrogen and oxygen atoms in total. The van der Waals surface area contributed by atoms with Gasteiger partial charge in [-0.25, -0.2) is 0 Å². The molecule has 2 unspecified atom stereocenters. The standard InChI is InChI=1S/C6H10O2.C5H8O2/c1-5-3-2-4-6(7)8-5;1-4-2-3-5(6)7-4/h5H,2-4H2,1H3;4H,2-3H2,1H3. The van der Waals surface area contributed by atoms with Crippen LogP contribution in [0.15, 0.2) is 0 Å². The first-order valence-corrected chi connectivity index (χ1v) is 5.47. The molecule has 0 amide bonds. The Hall–Kier alpha value is -1.06. The molecule has 0 saturated carbocycles. The van der Waals surface area contributed by atoms with Crippen LogP contribution in [0, 0.1) is 0 Å². The smallest absolute Gasteiger partial charge is 0.306 e. The molecule has 2 aliphatic heterocycles. The molecule has 0 aromatic rings. The van der Waals surface area contributed by atoms with Crippen LogP contribution in [0.25, 0.3) is 0 Å². The zero-order valence-corrected chi connectivity index (χ0v) is 9.32. The van der Waals surface area contributed by atoms with E-state index in [0.717, 1.165) is 19.3 Å². The highest BCUT2D eigenvalue weighted by atomic mass is 16.5. The molecule has 0 bridgehead atoms. The van der Waals surface area contributed by atoms with Crippen LogP contribution in [-0.4, -0.2) is 24.1 Å². The van der Waals surface area contributed by atoms with E-state index in [4.69, 9.17) is 9.47 Å². The Kier molecular flexibility index (Phi) is 4.59. The molecule has 0 radical (unpaired) electrons. The van der Waals surface area contributed by atoms with Gasteiger partial charge in [-0.05, 0) is 33.1 Å². The van der Waals surface area contributed by atoms with E-state index in [-0.39, 0.29) is 24.1 Å². The van der Waals surface area contributed by atoms with Crippen LogP contribution < -0.4 is 0 Å². The number of rotatable bonds is 0. The highest BCUT2D eigenvalue weighted by molar-refractivity contribution is 5.71. The third kappa shape index (κ3) is 4.81. The summed E-state index contributed by atoms with van der Waals surface area (Å²) in [6.45, 7) is 3.84. The summed E-state index contributed by atoms with van der Waals surface area (Å²) in [7, 11) is 0. The maximum Gasteiger partial charge on any atom is 0.306 e. The maximum absolute atomic E-state index is 10.5. The van der Waals surface area contributed by atoms with Gasteiger partial charge in [0, 0.05) is 12.8 Å². The Morgan fingerprint density at radius 2 is 1.47 bits per heavy atom. The first-order valence-electron chi connectivity index (χ1n) is 5.47. The summed E-state index contributed by atoms with van der Waals surface area (Å²) in [5.74, 6) is -0.0868. The lowest BCUT2D eigenvalue weighted by Crippen LogP contribution is -2.19.